The van der Waals surface area contributed by atoms with Crippen molar-refractivity contribution in [3.63, 3.8) is 0 Å². The maximum absolute atomic E-state index is 12.5. The third-order valence-corrected chi connectivity index (χ3v) is 4.50. The molecule has 0 N–H and O–H groups in total. The first-order valence-electron chi connectivity index (χ1n) is 8.03. The predicted molar refractivity (Wildman–Crippen MR) is 95.2 cm³/mol. The summed E-state index contributed by atoms with van der Waals surface area (Å²) in [5.74, 6) is 1.24. The van der Waals surface area contributed by atoms with E-state index in [1.165, 1.54) is 0 Å². The third kappa shape index (κ3) is 3.01. The van der Waals surface area contributed by atoms with Crippen molar-refractivity contribution in [2.24, 2.45) is 0 Å². The highest BCUT2D eigenvalue weighted by Gasteiger charge is 2.36. The molecule has 1 aliphatic heterocycles. The number of ether oxygens (including phenoxy) is 1. The quantitative estimate of drug-likeness (QED) is 0.700. The lowest BCUT2D eigenvalue weighted by molar-refractivity contribution is -0.117. The largest absolute Gasteiger partial charge is 0.495 e. The van der Waals surface area contributed by atoms with Crippen molar-refractivity contribution in [2.75, 3.05) is 18.6 Å². The average molecular weight is 371 g/mol. The Bertz CT molecular complexity index is 945. The Balaban J connectivity index is 1.59. The molecule has 2 aromatic heterocycles. The number of pyridine rings is 1. The minimum absolute atomic E-state index is 0.0447. The molecule has 4 rings (SSSR count). The highest BCUT2D eigenvalue weighted by molar-refractivity contribution is 6.31. The van der Waals surface area contributed by atoms with Gasteiger partial charge in [-0.25, -0.2) is 0 Å². The van der Waals surface area contributed by atoms with Crippen LogP contribution in [0.25, 0.3) is 11.4 Å². The van der Waals surface area contributed by atoms with Crippen molar-refractivity contribution in [3.05, 3.63) is 53.6 Å². The van der Waals surface area contributed by atoms with Gasteiger partial charge in [0, 0.05) is 35.9 Å². The van der Waals surface area contributed by atoms with E-state index >= 15 is 0 Å². The SMILES string of the molecule is COc1ccc(Cl)cc1N1CC(c2nc(-c3cccnc3)no2)CC1=O. The first-order chi connectivity index (χ1) is 12.7. The van der Waals surface area contributed by atoms with Crippen LogP contribution in [0.1, 0.15) is 18.2 Å². The van der Waals surface area contributed by atoms with Crippen LogP contribution in [-0.2, 0) is 4.79 Å². The number of amides is 1. The molecule has 1 amide bonds. The predicted octanol–water partition coefficient (Wildman–Crippen LogP) is 3.31. The summed E-state index contributed by atoms with van der Waals surface area (Å²) in [7, 11) is 1.56. The molecule has 0 saturated carbocycles. The van der Waals surface area contributed by atoms with E-state index in [-0.39, 0.29) is 18.2 Å². The fourth-order valence-electron chi connectivity index (χ4n) is 2.99. The monoisotopic (exact) mass is 370 g/mol. The topological polar surface area (TPSA) is 81.3 Å². The molecule has 3 heterocycles. The van der Waals surface area contributed by atoms with Gasteiger partial charge in [0.1, 0.15) is 5.75 Å². The Hall–Kier alpha value is -2.93. The molecule has 1 fully saturated rings. The van der Waals surface area contributed by atoms with E-state index in [4.69, 9.17) is 20.9 Å². The molecule has 1 unspecified atom stereocenters. The number of carbonyl (C=O) groups is 1. The second-order valence-electron chi connectivity index (χ2n) is 5.92. The molecule has 1 aromatic carbocycles. The molecule has 0 aliphatic carbocycles. The number of carbonyl (C=O) groups excluding carboxylic acids is 1. The number of nitrogens with zero attached hydrogens (tertiary/aromatic N) is 4. The van der Waals surface area contributed by atoms with Crippen LogP contribution in [-0.4, -0.2) is 34.7 Å². The van der Waals surface area contributed by atoms with E-state index in [2.05, 4.69) is 15.1 Å². The molecule has 0 bridgehead atoms. The number of rotatable bonds is 4. The van der Waals surface area contributed by atoms with Crippen LogP contribution in [0.4, 0.5) is 5.69 Å². The zero-order valence-electron chi connectivity index (χ0n) is 13.9. The molecule has 1 atom stereocenters. The summed E-state index contributed by atoms with van der Waals surface area (Å²) in [6.07, 6.45) is 3.62. The number of hydrogen-bond acceptors (Lipinski definition) is 6. The Morgan fingerprint density at radius 2 is 2.23 bits per heavy atom. The molecule has 26 heavy (non-hydrogen) atoms. The van der Waals surface area contributed by atoms with Crippen molar-refractivity contribution in [1.82, 2.24) is 15.1 Å². The zero-order valence-corrected chi connectivity index (χ0v) is 14.7. The summed E-state index contributed by atoms with van der Waals surface area (Å²) in [6, 6.07) is 8.84. The van der Waals surface area contributed by atoms with Crippen molar-refractivity contribution in [2.45, 2.75) is 12.3 Å². The van der Waals surface area contributed by atoms with Gasteiger partial charge in [0.2, 0.25) is 17.6 Å². The van der Waals surface area contributed by atoms with Crippen LogP contribution in [0, 0.1) is 0 Å². The lowest BCUT2D eigenvalue weighted by Crippen LogP contribution is -2.24. The molecule has 0 radical (unpaired) electrons. The second kappa shape index (κ2) is 6.76. The van der Waals surface area contributed by atoms with Crippen LogP contribution in [0.15, 0.2) is 47.2 Å². The second-order valence-corrected chi connectivity index (χ2v) is 6.36. The van der Waals surface area contributed by atoms with Gasteiger partial charge < -0.3 is 14.2 Å². The molecule has 7 nitrogen and oxygen atoms in total. The van der Waals surface area contributed by atoms with E-state index in [1.807, 2.05) is 6.07 Å². The van der Waals surface area contributed by atoms with Crippen LogP contribution < -0.4 is 9.64 Å². The Labute approximate surface area is 154 Å². The summed E-state index contributed by atoms with van der Waals surface area (Å²) < 4.78 is 10.7. The fourth-order valence-corrected chi connectivity index (χ4v) is 3.16. The van der Waals surface area contributed by atoms with Gasteiger partial charge in [-0.15, -0.1) is 0 Å². The van der Waals surface area contributed by atoms with Gasteiger partial charge in [0.05, 0.1) is 18.7 Å². The lowest BCUT2D eigenvalue weighted by Gasteiger charge is -2.19. The van der Waals surface area contributed by atoms with Gasteiger partial charge in [0.15, 0.2) is 0 Å². The molecular formula is C18H15ClN4O3. The summed E-state index contributed by atoms with van der Waals surface area (Å²) in [5, 5.41) is 4.54. The first kappa shape index (κ1) is 16.5. The van der Waals surface area contributed by atoms with E-state index in [0.29, 0.717) is 34.7 Å². The van der Waals surface area contributed by atoms with Crippen LogP contribution in [0.5, 0.6) is 5.75 Å². The summed E-state index contributed by atoms with van der Waals surface area (Å²) >= 11 is 6.08. The van der Waals surface area contributed by atoms with E-state index in [9.17, 15) is 4.79 Å². The molecule has 8 heteroatoms. The van der Waals surface area contributed by atoms with Crippen LogP contribution >= 0.6 is 11.6 Å². The van der Waals surface area contributed by atoms with Gasteiger partial charge >= 0.3 is 0 Å². The maximum Gasteiger partial charge on any atom is 0.232 e. The van der Waals surface area contributed by atoms with Crippen LogP contribution in [0.3, 0.4) is 0 Å². The van der Waals surface area contributed by atoms with Gasteiger partial charge in [-0.1, -0.05) is 16.8 Å². The summed E-state index contributed by atoms with van der Waals surface area (Å²) in [6.45, 7) is 0.421. The van der Waals surface area contributed by atoms with Gasteiger partial charge in [-0.2, -0.15) is 4.98 Å². The number of anilines is 1. The number of halogens is 1. The van der Waals surface area contributed by atoms with Crippen molar-refractivity contribution in [1.29, 1.82) is 0 Å². The van der Waals surface area contributed by atoms with Gasteiger partial charge in [0.25, 0.3) is 0 Å². The van der Waals surface area contributed by atoms with E-state index < -0.39 is 0 Å². The molecule has 0 spiro atoms. The lowest BCUT2D eigenvalue weighted by atomic mass is 10.1. The fraction of sp³-hybridized carbons (Fsp3) is 0.222. The Morgan fingerprint density at radius 1 is 1.35 bits per heavy atom. The number of benzene rings is 1. The van der Waals surface area contributed by atoms with E-state index in [1.54, 1.807) is 48.7 Å². The first-order valence-corrected chi connectivity index (χ1v) is 8.41. The number of aromatic nitrogens is 3. The zero-order chi connectivity index (χ0) is 18.1. The minimum atomic E-state index is -0.191. The van der Waals surface area contributed by atoms with Gasteiger partial charge in [-0.05, 0) is 30.3 Å². The summed E-state index contributed by atoms with van der Waals surface area (Å²) in [5.41, 5.74) is 1.40. The normalized spacial score (nSPS) is 16.9. The van der Waals surface area contributed by atoms with Crippen LogP contribution in [0.2, 0.25) is 5.02 Å². The highest BCUT2D eigenvalue weighted by atomic mass is 35.5. The molecule has 1 saturated heterocycles. The standard InChI is InChI=1S/C18H15ClN4O3/c1-25-15-5-4-13(19)8-14(15)23-10-12(7-16(23)24)18-21-17(22-26-18)11-3-2-6-20-9-11/h2-6,8-9,12H,7,10H2,1H3. The van der Waals surface area contributed by atoms with Gasteiger partial charge in [-0.3, -0.25) is 9.78 Å². The third-order valence-electron chi connectivity index (χ3n) is 4.27. The van der Waals surface area contributed by atoms with Crippen molar-refractivity contribution in [3.8, 4) is 17.1 Å². The van der Waals surface area contributed by atoms with Crippen molar-refractivity contribution >= 4 is 23.2 Å². The smallest absolute Gasteiger partial charge is 0.232 e. The average Bonchev–Trinajstić information content (AvgIpc) is 3.29. The van der Waals surface area contributed by atoms with E-state index in [0.717, 1.165) is 5.56 Å². The Morgan fingerprint density at radius 3 is 3.00 bits per heavy atom. The maximum atomic E-state index is 12.5. The number of hydrogen-bond donors (Lipinski definition) is 0. The number of methoxy groups -OCH3 is 1. The molecular weight excluding hydrogens is 356 g/mol. The summed E-state index contributed by atoms with van der Waals surface area (Å²) in [4.78, 5) is 22.7. The Kier molecular flexibility index (Phi) is 4.30. The molecule has 1 aliphatic rings. The highest BCUT2D eigenvalue weighted by Crippen LogP contribution is 2.37. The molecule has 3 aromatic rings. The molecule has 132 valence electrons. The minimum Gasteiger partial charge on any atom is -0.495 e. The van der Waals surface area contributed by atoms with Crippen molar-refractivity contribution < 1.29 is 14.1 Å².